The van der Waals surface area contributed by atoms with Crippen molar-refractivity contribution in [3.05, 3.63) is 144 Å². The molecule has 0 aliphatic rings. The van der Waals surface area contributed by atoms with Crippen molar-refractivity contribution in [1.82, 2.24) is 10.1 Å². The van der Waals surface area contributed by atoms with Gasteiger partial charge < -0.3 is 0 Å². The Balaban J connectivity index is 0.000000256. The Kier molecular flexibility index (Phi) is 14.9. The molecular weight excluding hydrogens is 576 g/mol. The number of hydroxylamine groups is 4. The summed E-state index contributed by atoms with van der Waals surface area (Å²) < 4.78 is 0. The second kappa shape index (κ2) is 18.3. The van der Waals surface area contributed by atoms with E-state index in [1.807, 2.05) is 12.1 Å². The summed E-state index contributed by atoms with van der Waals surface area (Å²) in [4.78, 5) is 12.9. The summed E-state index contributed by atoms with van der Waals surface area (Å²) in [6, 6.07) is 43.1. The molecular formula is C43H60N2O2. The zero-order chi connectivity index (χ0) is 34.6. The van der Waals surface area contributed by atoms with Crippen molar-refractivity contribution < 1.29 is 9.68 Å². The molecule has 0 aliphatic carbocycles. The lowest BCUT2D eigenvalue weighted by molar-refractivity contribution is -0.256. The van der Waals surface area contributed by atoms with Gasteiger partial charge in [-0.15, -0.1) is 0 Å². The molecule has 0 heterocycles. The highest BCUT2D eigenvalue weighted by molar-refractivity contribution is 5.22. The van der Waals surface area contributed by atoms with E-state index in [0.29, 0.717) is 12.0 Å². The van der Waals surface area contributed by atoms with Crippen LogP contribution in [0.2, 0.25) is 0 Å². The molecule has 254 valence electrons. The van der Waals surface area contributed by atoms with Gasteiger partial charge in [-0.05, 0) is 75.1 Å². The fourth-order valence-corrected chi connectivity index (χ4v) is 6.06. The van der Waals surface area contributed by atoms with Crippen LogP contribution in [0.3, 0.4) is 0 Å². The zero-order valence-corrected chi connectivity index (χ0v) is 30.8. The average molecular weight is 637 g/mol. The summed E-state index contributed by atoms with van der Waals surface area (Å²) in [6.07, 6.45) is 0.0470. The maximum atomic E-state index is 6.47. The Hall–Kier alpha value is -3.28. The molecule has 47 heavy (non-hydrogen) atoms. The van der Waals surface area contributed by atoms with Crippen LogP contribution in [0, 0.1) is 11.3 Å². The minimum Gasteiger partial charge on any atom is -0.290 e. The molecule has 0 spiro atoms. The maximum absolute atomic E-state index is 6.47. The van der Waals surface area contributed by atoms with Crippen molar-refractivity contribution in [2.45, 2.75) is 113 Å². The van der Waals surface area contributed by atoms with E-state index in [1.165, 1.54) is 22.3 Å². The average Bonchev–Trinajstić information content (AvgIpc) is 3.05. The van der Waals surface area contributed by atoms with Crippen LogP contribution in [0.5, 0.6) is 0 Å². The van der Waals surface area contributed by atoms with Gasteiger partial charge in [0, 0.05) is 12.1 Å². The summed E-state index contributed by atoms with van der Waals surface area (Å²) in [7, 11) is 0. The molecule has 4 unspecified atom stereocenters. The topological polar surface area (TPSA) is 24.9 Å². The Morgan fingerprint density at radius 2 is 0.745 bits per heavy atom. The van der Waals surface area contributed by atoms with Crippen LogP contribution in [0.15, 0.2) is 121 Å². The number of nitrogens with zero attached hydrogens (tertiary/aromatic N) is 2. The first kappa shape index (κ1) is 38.2. The van der Waals surface area contributed by atoms with Crippen molar-refractivity contribution in [3.8, 4) is 0 Å². The minimum atomic E-state index is 0.0159. The quantitative estimate of drug-likeness (QED) is 0.136. The van der Waals surface area contributed by atoms with E-state index >= 15 is 0 Å². The summed E-state index contributed by atoms with van der Waals surface area (Å²) in [6.45, 7) is 24.3. The summed E-state index contributed by atoms with van der Waals surface area (Å²) in [5.74, 6) is 0.461. The third-order valence-corrected chi connectivity index (χ3v) is 8.35. The molecule has 0 saturated carbocycles. The van der Waals surface area contributed by atoms with Gasteiger partial charge in [0.2, 0.25) is 0 Å². The van der Waals surface area contributed by atoms with Crippen LogP contribution in [0.25, 0.3) is 0 Å². The molecule has 4 nitrogen and oxygen atoms in total. The number of hydrogen-bond acceptors (Lipinski definition) is 4. The molecule has 0 aromatic heterocycles. The Bertz CT molecular complexity index is 1390. The smallest absolute Gasteiger partial charge is 0.101 e. The molecule has 0 N–H and O–H groups in total. The third-order valence-electron chi connectivity index (χ3n) is 8.35. The lowest BCUT2D eigenvalue weighted by Crippen LogP contribution is -2.41. The van der Waals surface area contributed by atoms with Crippen LogP contribution in [-0.2, 0) is 9.68 Å². The first-order chi connectivity index (χ1) is 22.3. The summed E-state index contributed by atoms with van der Waals surface area (Å²) in [5.41, 5.74) is 5.05. The fraction of sp³-hybridized carbons (Fsp3) is 0.442. The lowest BCUT2D eigenvalue weighted by Gasteiger charge is -2.43. The second-order valence-corrected chi connectivity index (χ2v) is 14.5. The Labute approximate surface area is 286 Å². The molecule has 4 atom stereocenters. The predicted molar refractivity (Wildman–Crippen MR) is 198 cm³/mol. The van der Waals surface area contributed by atoms with Crippen LogP contribution < -0.4 is 0 Å². The summed E-state index contributed by atoms with van der Waals surface area (Å²) >= 11 is 0. The van der Waals surface area contributed by atoms with Crippen molar-refractivity contribution in [1.29, 1.82) is 0 Å². The largest absolute Gasteiger partial charge is 0.290 e. The van der Waals surface area contributed by atoms with E-state index in [2.05, 4.69) is 195 Å². The molecule has 0 aliphatic heterocycles. The second-order valence-electron chi connectivity index (χ2n) is 14.5. The van der Waals surface area contributed by atoms with Crippen LogP contribution >= 0.6 is 0 Å². The fourth-order valence-electron chi connectivity index (χ4n) is 6.06. The van der Waals surface area contributed by atoms with Crippen molar-refractivity contribution in [3.63, 3.8) is 0 Å². The first-order valence-corrected chi connectivity index (χ1v) is 17.4. The van der Waals surface area contributed by atoms with Gasteiger partial charge >= 0.3 is 0 Å². The van der Waals surface area contributed by atoms with Gasteiger partial charge in [-0.3, -0.25) is 9.68 Å². The third kappa shape index (κ3) is 11.4. The molecule has 4 rings (SSSR count). The molecule has 0 saturated heterocycles. The first-order valence-electron chi connectivity index (χ1n) is 17.4. The van der Waals surface area contributed by atoms with Gasteiger partial charge in [-0.25, -0.2) is 0 Å². The van der Waals surface area contributed by atoms with Crippen LogP contribution in [0.1, 0.15) is 123 Å². The molecule has 0 bridgehead atoms. The van der Waals surface area contributed by atoms with Gasteiger partial charge in [0.05, 0.1) is 12.1 Å². The van der Waals surface area contributed by atoms with Crippen LogP contribution in [0.4, 0.5) is 0 Å². The monoisotopic (exact) mass is 636 g/mol. The number of benzene rings is 4. The van der Waals surface area contributed by atoms with Crippen molar-refractivity contribution in [2.75, 3.05) is 0 Å². The Morgan fingerprint density at radius 3 is 1.06 bits per heavy atom. The molecule has 0 radical (unpaired) electrons. The highest BCUT2D eigenvalue weighted by Gasteiger charge is 2.35. The summed E-state index contributed by atoms with van der Waals surface area (Å²) in [5, 5.41) is 4.34. The van der Waals surface area contributed by atoms with Gasteiger partial charge in [0.1, 0.15) is 12.2 Å². The highest BCUT2D eigenvalue weighted by atomic mass is 16.7. The molecule has 0 fully saturated rings. The van der Waals surface area contributed by atoms with Crippen molar-refractivity contribution in [2.24, 2.45) is 11.3 Å². The highest BCUT2D eigenvalue weighted by Crippen LogP contribution is 2.41. The standard InChI is InChI=1S/C22H31NO.C21H29NO/c1-17(2)23(24-18(3)19-13-9-7-10-14-19)21(22(4,5)6)20-15-11-8-12-16-20;1-16(2)21(20-14-10-7-11-15-20)22(17(3)4)23-18(5)19-12-8-6-9-13-19/h7-18,21H,1-6H3;6-18,21H,1-5H3. The maximum Gasteiger partial charge on any atom is 0.101 e. The number of rotatable bonds is 13. The normalized spacial score (nSPS) is 14.6. The van der Waals surface area contributed by atoms with E-state index in [-0.39, 0.29) is 35.7 Å². The van der Waals surface area contributed by atoms with E-state index in [1.54, 1.807) is 0 Å². The lowest BCUT2D eigenvalue weighted by atomic mass is 9.81. The van der Waals surface area contributed by atoms with E-state index in [9.17, 15) is 0 Å². The molecule has 4 aromatic carbocycles. The molecule has 4 heteroatoms. The van der Waals surface area contributed by atoms with Gasteiger partial charge in [-0.2, -0.15) is 10.1 Å². The van der Waals surface area contributed by atoms with E-state index in [4.69, 9.17) is 9.68 Å². The van der Waals surface area contributed by atoms with Crippen LogP contribution in [-0.4, -0.2) is 22.2 Å². The molecule has 0 amide bonds. The SMILES string of the molecule is CC(ON(C(C)C)C(c1ccccc1)C(C)(C)C)c1ccccc1.CC(ON(C(C)C)C(c1ccccc1)C(C)C)c1ccccc1. The molecule has 4 aromatic rings. The van der Waals surface area contributed by atoms with Crippen molar-refractivity contribution >= 4 is 0 Å². The zero-order valence-electron chi connectivity index (χ0n) is 30.8. The van der Waals surface area contributed by atoms with E-state index in [0.717, 1.165) is 0 Å². The number of hydrogen-bond donors (Lipinski definition) is 0. The minimum absolute atomic E-state index is 0.0159. The predicted octanol–water partition coefficient (Wildman–Crippen LogP) is 12.0. The van der Waals surface area contributed by atoms with E-state index < -0.39 is 0 Å². The van der Waals surface area contributed by atoms with Gasteiger partial charge in [0.15, 0.2) is 0 Å². The van der Waals surface area contributed by atoms with Gasteiger partial charge in [0.25, 0.3) is 0 Å². The Morgan fingerprint density at radius 1 is 0.426 bits per heavy atom. The van der Waals surface area contributed by atoms with Gasteiger partial charge in [-0.1, -0.05) is 156 Å².